The smallest absolute Gasteiger partial charge is 0.388 e. The van der Waals surface area contributed by atoms with Gasteiger partial charge in [-0.15, -0.1) is 22.2 Å². The van der Waals surface area contributed by atoms with Crippen LogP contribution in [0.2, 0.25) is 0 Å². The first-order valence-electron chi connectivity index (χ1n) is 14.2. The summed E-state index contributed by atoms with van der Waals surface area (Å²) < 4.78 is 15.4. The minimum absolute atomic E-state index is 0.940. The largest absolute Gasteiger partial charge is 0.411 e. The first-order valence-corrected chi connectivity index (χ1v) is 21.8. The summed E-state index contributed by atoms with van der Waals surface area (Å²) >= 11 is 15.9. The standard InChI is InChI=1S/C36H30Cl2O2Si3/c37-41(31-19-7-1-8-20-31,32-21-9-2-10-22-32)39-43(35-27-15-5-16-28-35,36-29-17-6-18-30-36)40-42(38,33-23-11-3-12-24-33)34-25-13-4-14-26-34/h1-30H. The van der Waals surface area contributed by atoms with Crippen LogP contribution in [0, 0.1) is 0 Å². The van der Waals surface area contributed by atoms with Gasteiger partial charge < -0.3 is 8.23 Å². The van der Waals surface area contributed by atoms with Gasteiger partial charge >= 0.3 is 23.8 Å². The summed E-state index contributed by atoms with van der Waals surface area (Å²) in [6.07, 6.45) is 0. The maximum absolute atomic E-state index is 7.94. The van der Waals surface area contributed by atoms with Crippen molar-refractivity contribution >= 4 is 77.1 Å². The molecule has 0 aliphatic carbocycles. The zero-order valence-corrected chi connectivity index (χ0v) is 27.9. The van der Waals surface area contributed by atoms with Crippen LogP contribution in [0.1, 0.15) is 0 Å². The fraction of sp³-hybridized carbons (Fsp3) is 0. The number of hydrogen-bond donors (Lipinski definition) is 0. The topological polar surface area (TPSA) is 18.5 Å². The van der Waals surface area contributed by atoms with Gasteiger partial charge in [-0.2, -0.15) is 0 Å². The molecule has 212 valence electrons. The van der Waals surface area contributed by atoms with Gasteiger partial charge in [-0.25, -0.2) is 0 Å². The summed E-state index contributed by atoms with van der Waals surface area (Å²) in [6, 6.07) is 61.0. The highest BCUT2D eigenvalue weighted by Crippen LogP contribution is 2.26. The van der Waals surface area contributed by atoms with Gasteiger partial charge in [-0.1, -0.05) is 182 Å². The molecule has 6 aromatic rings. The average molecular weight is 650 g/mol. The van der Waals surface area contributed by atoms with Crippen LogP contribution in [-0.2, 0) is 8.23 Å². The quantitative estimate of drug-likeness (QED) is 0.149. The third-order valence-electron chi connectivity index (χ3n) is 7.46. The van der Waals surface area contributed by atoms with Gasteiger partial charge in [-0.05, 0) is 31.1 Å². The highest BCUT2D eigenvalue weighted by atomic mass is 35.6. The lowest BCUT2D eigenvalue weighted by Crippen LogP contribution is -2.77. The van der Waals surface area contributed by atoms with Crippen LogP contribution >= 0.6 is 22.2 Å². The summed E-state index contributed by atoms with van der Waals surface area (Å²) in [5.41, 5.74) is 0. The summed E-state index contributed by atoms with van der Waals surface area (Å²) in [5.74, 6) is 0. The van der Waals surface area contributed by atoms with E-state index < -0.39 is 23.8 Å². The number of halogens is 2. The van der Waals surface area contributed by atoms with Gasteiger partial charge in [0, 0.05) is 0 Å². The molecule has 7 heteroatoms. The molecule has 0 fully saturated rings. The van der Waals surface area contributed by atoms with E-state index in [1.54, 1.807) is 0 Å². The van der Waals surface area contributed by atoms with E-state index in [-0.39, 0.29) is 0 Å². The molecule has 43 heavy (non-hydrogen) atoms. The monoisotopic (exact) mass is 648 g/mol. The van der Waals surface area contributed by atoms with Crippen molar-refractivity contribution < 1.29 is 8.23 Å². The fourth-order valence-electron chi connectivity index (χ4n) is 5.31. The van der Waals surface area contributed by atoms with Crippen molar-refractivity contribution in [2.45, 2.75) is 0 Å². The Balaban J connectivity index is 1.66. The predicted octanol–water partition coefficient (Wildman–Crippen LogP) is 5.27. The van der Waals surface area contributed by atoms with Crippen LogP contribution in [-0.4, -0.2) is 23.8 Å². The van der Waals surface area contributed by atoms with E-state index in [0.717, 1.165) is 31.1 Å². The normalized spacial score (nSPS) is 12.1. The van der Waals surface area contributed by atoms with Gasteiger partial charge in [0.15, 0.2) is 0 Å². The molecule has 0 N–H and O–H groups in total. The van der Waals surface area contributed by atoms with Crippen LogP contribution in [0.25, 0.3) is 0 Å². The predicted molar refractivity (Wildman–Crippen MR) is 188 cm³/mol. The van der Waals surface area contributed by atoms with Crippen molar-refractivity contribution in [3.8, 4) is 0 Å². The number of benzene rings is 6. The number of hydrogen-bond acceptors (Lipinski definition) is 2. The van der Waals surface area contributed by atoms with Crippen molar-refractivity contribution in [2.75, 3.05) is 0 Å². The molecule has 0 bridgehead atoms. The molecule has 0 saturated carbocycles. The minimum atomic E-state index is -3.69. The lowest BCUT2D eigenvalue weighted by molar-refractivity contribution is 0.436. The molecule has 0 atom stereocenters. The van der Waals surface area contributed by atoms with Crippen molar-refractivity contribution in [3.63, 3.8) is 0 Å². The van der Waals surface area contributed by atoms with Gasteiger partial charge in [0.1, 0.15) is 0 Å². The van der Waals surface area contributed by atoms with E-state index in [0.29, 0.717) is 0 Å². The minimum Gasteiger partial charge on any atom is -0.411 e. The molecule has 0 aromatic heterocycles. The van der Waals surface area contributed by atoms with E-state index >= 15 is 0 Å². The molecule has 0 heterocycles. The fourth-order valence-corrected chi connectivity index (χ4v) is 21.0. The Morgan fingerprint density at radius 2 is 0.465 bits per heavy atom. The Morgan fingerprint density at radius 3 is 0.674 bits per heavy atom. The van der Waals surface area contributed by atoms with Crippen LogP contribution in [0.15, 0.2) is 182 Å². The second-order valence-corrected chi connectivity index (χ2v) is 22.1. The molecule has 0 amide bonds. The zero-order chi connectivity index (χ0) is 29.6. The zero-order valence-electron chi connectivity index (χ0n) is 23.4. The van der Waals surface area contributed by atoms with E-state index in [4.69, 9.17) is 30.4 Å². The highest BCUT2D eigenvalue weighted by Gasteiger charge is 2.57. The Labute approximate surface area is 266 Å². The summed E-state index contributed by atoms with van der Waals surface area (Å²) in [4.78, 5) is 0. The SMILES string of the molecule is Cl[Si](O[Si](O[Si](Cl)(c1ccccc1)c1ccccc1)(c1ccccc1)c1ccccc1)(c1ccccc1)c1ccccc1. The lowest BCUT2D eigenvalue weighted by Gasteiger charge is -2.43. The summed E-state index contributed by atoms with van der Waals surface area (Å²) in [5, 5.41) is 5.64. The molecule has 0 radical (unpaired) electrons. The summed E-state index contributed by atoms with van der Waals surface area (Å²) in [6.45, 7) is 0. The van der Waals surface area contributed by atoms with Gasteiger partial charge in [0.2, 0.25) is 0 Å². The van der Waals surface area contributed by atoms with Gasteiger partial charge in [0.05, 0.1) is 0 Å². The van der Waals surface area contributed by atoms with Crippen LogP contribution < -0.4 is 31.1 Å². The highest BCUT2D eigenvalue weighted by molar-refractivity contribution is 7.36. The third-order valence-corrected chi connectivity index (χ3v) is 22.5. The Hall–Kier alpha value is -3.53. The van der Waals surface area contributed by atoms with Crippen LogP contribution in [0.4, 0.5) is 0 Å². The number of rotatable bonds is 10. The Morgan fingerprint density at radius 1 is 0.279 bits per heavy atom. The second kappa shape index (κ2) is 13.0. The molecule has 0 saturated heterocycles. The van der Waals surface area contributed by atoms with Crippen molar-refractivity contribution in [3.05, 3.63) is 182 Å². The molecule has 6 aromatic carbocycles. The third kappa shape index (κ3) is 5.98. The Bertz CT molecular complexity index is 1520. The van der Waals surface area contributed by atoms with E-state index in [9.17, 15) is 0 Å². The van der Waals surface area contributed by atoms with Crippen molar-refractivity contribution in [1.82, 2.24) is 0 Å². The lowest BCUT2D eigenvalue weighted by atomic mass is 10.4. The second-order valence-electron chi connectivity index (χ2n) is 10.2. The maximum Gasteiger partial charge on any atom is 0.388 e. The van der Waals surface area contributed by atoms with Crippen LogP contribution in [0.3, 0.4) is 0 Å². The molecule has 0 unspecified atom stereocenters. The van der Waals surface area contributed by atoms with Crippen LogP contribution in [0.5, 0.6) is 0 Å². The van der Waals surface area contributed by atoms with Gasteiger partial charge in [-0.3, -0.25) is 0 Å². The van der Waals surface area contributed by atoms with Crippen molar-refractivity contribution in [1.29, 1.82) is 0 Å². The molecule has 0 aliphatic rings. The maximum atomic E-state index is 7.94. The van der Waals surface area contributed by atoms with E-state index in [1.807, 2.05) is 109 Å². The Kier molecular flexibility index (Phi) is 8.93. The van der Waals surface area contributed by atoms with Gasteiger partial charge in [0.25, 0.3) is 0 Å². The first kappa shape index (κ1) is 29.5. The first-order chi connectivity index (χ1) is 21.0. The molecule has 6 rings (SSSR count). The summed E-state index contributed by atoms with van der Waals surface area (Å²) in [7, 11) is -10.6. The molecule has 0 spiro atoms. The van der Waals surface area contributed by atoms with Crippen molar-refractivity contribution in [2.24, 2.45) is 0 Å². The molecule has 0 aliphatic heterocycles. The van der Waals surface area contributed by atoms with E-state index in [2.05, 4.69) is 72.8 Å². The average Bonchev–Trinajstić information content (AvgIpc) is 3.10. The molecular formula is C36H30Cl2O2Si3. The molecular weight excluding hydrogens is 620 g/mol. The molecule has 2 nitrogen and oxygen atoms in total. The van der Waals surface area contributed by atoms with E-state index in [1.165, 1.54) is 0 Å².